The van der Waals surface area contributed by atoms with Gasteiger partial charge in [0, 0.05) is 25.3 Å². The summed E-state index contributed by atoms with van der Waals surface area (Å²) in [6, 6.07) is 14.2. The van der Waals surface area contributed by atoms with Crippen LogP contribution in [0.4, 0.5) is 5.69 Å². The molecular formula is C29H37NO4. The first-order valence-electron chi connectivity index (χ1n) is 11.8. The molecule has 3 aromatic rings. The van der Waals surface area contributed by atoms with Crippen LogP contribution in [0.5, 0.6) is 5.75 Å². The van der Waals surface area contributed by atoms with Gasteiger partial charge in [-0.1, -0.05) is 19.1 Å². The highest BCUT2D eigenvalue weighted by atomic mass is 16.6. The Bertz CT molecular complexity index is 1070. The molecule has 5 heteroatoms. The van der Waals surface area contributed by atoms with Gasteiger partial charge >= 0.3 is 0 Å². The molecule has 0 spiro atoms. The van der Waals surface area contributed by atoms with Gasteiger partial charge in [-0.15, -0.1) is 0 Å². The molecule has 1 atom stereocenters. The molecule has 182 valence electrons. The standard InChI is InChI=1S/C25H27NO3.C4H10O/c1-15(14-20-6-12-23(27)13-7-20)24-16(2)18(4)25(19(5)17(24)3)21-8-10-22(11-9-21)26(28)29;1-3-5-4-2/h6-13,15,27H,14H2,1-5H3;3-4H2,1-2H3. The van der Waals surface area contributed by atoms with Gasteiger partial charge in [-0.25, -0.2) is 0 Å². The van der Waals surface area contributed by atoms with E-state index in [9.17, 15) is 15.2 Å². The Morgan fingerprint density at radius 3 is 1.76 bits per heavy atom. The lowest BCUT2D eigenvalue weighted by molar-refractivity contribution is -0.384. The van der Waals surface area contributed by atoms with Crippen molar-refractivity contribution in [3.63, 3.8) is 0 Å². The number of nitro groups is 1. The molecule has 0 saturated carbocycles. The van der Waals surface area contributed by atoms with Gasteiger partial charge in [0.15, 0.2) is 0 Å². The predicted molar refractivity (Wildman–Crippen MR) is 140 cm³/mol. The quantitative estimate of drug-likeness (QED) is 0.289. The number of rotatable bonds is 7. The summed E-state index contributed by atoms with van der Waals surface area (Å²) in [6.45, 7) is 16.5. The van der Waals surface area contributed by atoms with Gasteiger partial charge in [0.1, 0.15) is 5.75 Å². The Morgan fingerprint density at radius 1 is 0.853 bits per heavy atom. The molecule has 0 heterocycles. The van der Waals surface area contributed by atoms with Gasteiger partial charge in [0.05, 0.1) is 4.92 Å². The first kappa shape index (κ1) is 27.1. The number of aromatic hydroxyl groups is 1. The number of benzene rings is 3. The Kier molecular flexibility index (Phi) is 9.82. The number of hydrogen-bond donors (Lipinski definition) is 1. The molecule has 0 aliphatic heterocycles. The third-order valence-corrected chi connectivity index (χ3v) is 6.43. The van der Waals surface area contributed by atoms with Crippen molar-refractivity contribution in [2.24, 2.45) is 0 Å². The molecule has 0 bridgehead atoms. The van der Waals surface area contributed by atoms with Crippen molar-refractivity contribution < 1.29 is 14.8 Å². The minimum atomic E-state index is -0.367. The van der Waals surface area contributed by atoms with E-state index in [1.807, 2.05) is 38.1 Å². The number of phenolic OH excluding ortho intramolecular Hbond substituents is 1. The molecule has 0 fully saturated rings. The molecule has 1 unspecified atom stereocenters. The first-order valence-corrected chi connectivity index (χ1v) is 11.8. The van der Waals surface area contributed by atoms with E-state index >= 15 is 0 Å². The van der Waals surface area contributed by atoms with E-state index in [1.54, 1.807) is 24.3 Å². The second-order valence-corrected chi connectivity index (χ2v) is 8.65. The van der Waals surface area contributed by atoms with Crippen LogP contribution >= 0.6 is 0 Å². The number of nitrogens with zero attached hydrogens (tertiary/aromatic N) is 1. The van der Waals surface area contributed by atoms with E-state index in [4.69, 9.17) is 4.74 Å². The zero-order chi connectivity index (χ0) is 25.4. The summed E-state index contributed by atoms with van der Waals surface area (Å²) in [4.78, 5) is 10.6. The molecule has 5 nitrogen and oxygen atoms in total. The lowest BCUT2D eigenvalue weighted by Crippen LogP contribution is -2.08. The second kappa shape index (κ2) is 12.3. The average molecular weight is 464 g/mol. The summed E-state index contributed by atoms with van der Waals surface area (Å²) < 4.78 is 4.83. The summed E-state index contributed by atoms with van der Waals surface area (Å²) in [5.74, 6) is 0.621. The van der Waals surface area contributed by atoms with Crippen molar-refractivity contribution in [1.82, 2.24) is 0 Å². The van der Waals surface area contributed by atoms with Crippen molar-refractivity contribution in [1.29, 1.82) is 0 Å². The topological polar surface area (TPSA) is 72.6 Å². The molecule has 1 N–H and O–H groups in total. The van der Waals surface area contributed by atoms with Gasteiger partial charge in [-0.05, 0) is 123 Å². The maximum Gasteiger partial charge on any atom is 0.269 e. The van der Waals surface area contributed by atoms with Crippen molar-refractivity contribution in [2.45, 2.75) is 60.8 Å². The first-order chi connectivity index (χ1) is 16.1. The smallest absolute Gasteiger partial charge is 0.269 e. The van der Waals surface area contributed by atoms with Crippen molar-refractivity contribution in [3.05, 3.63) is 92.0 Å². The van der Waals surface area contributed by atoms with Gasteiger partial charge < -0.3 is 9.84 Å². The summed E-state index contributed by atoms with van der Waals surface area (Å²) in [5, 5.41) is 20.5. The maximum absolute atomic E-state index is 11.0. The summed E-state index contributed by atoms with van der Waals surface area (Å²) in [5.41, 5.74) is 9.81. The Labute approximate surface area is 203 Å². The summed E-state index contributed by atoms with van der Waals surface area (Å²) in [6.07, 6.45) is 0.901. The van der Waals surface area contributed by atoms with E-state index in [-0.39, 0.29) is 16.4 Å². The van der Waals surface area contributed by atoms with Gasteiger partial charge in [-0.2, -0.15) is 0 Å². The maximum atomic E-state index is 11.0. The number of phenols is 1. The monoisotopic (exact) mass is 463 g/mol. The van der Waals surface area contributed by atoms with Crippen LogP contribution in [0.15, 0.2) is 48.5 Å². The molecular weight excluding hydrogens is 426 g/mol. The van der Waals surface area contributed by atoms with Crippen LogP contribution in [0.3, 0.4) is 0 Å². The van der Waals surface area contributed by atoms with E-state index in [2.05, 4.69) is 34.6 Å². The molecule has 0 saturated heterocycles. The van der Waals surface area contributed by atoms with Gasteiger partial charge in [0.25, 0.3) is 5.69 Å². The second-order valence-electron chi connectivity index (χ2n) is 8.65. The van der Waals surface area contributed by atoms with Crippen LogP contribution in [-0.2, 0) is 11.2 Å². The molecule has 34 heavy (non-hydrogen) atoms. The fourth-order valence-electron chi connectivity index (χ4n) is 4.56. The third-order valence-electron chi connectivity index (χ3n) is 6.43. The molecule has 3 aromatic carbocycles. The highest BCUT2D eigenvalue weighted by Gasteiger charge is 2.20. The van der Waals surface area contributed by atoms with Gasteiger partial charge in [-0.3, -0.25) is 10.1 Å². The number of nitro benzene ring substituents is 1. The van der Waals surface area contributed by atoms with E-state index in [0.29, 0.717) is 5.92 Å². The number of non-ortho nitro benzene ring substituents is 1. The van der Waals surface area contributed by atoms with E-state index in [1.165, 1.54) is 33.4 Å². The Balaban J connectivity index is 0.000000739. The van der Waals surface area contributed by atoms with Crippen LogP contribution in [0.25, 0.3) is 11.1 Å². The lowest BCUT2D eigenvalue weighted by Gasteiger charge is -2.25. The van der Waals surface area contributed by atoms with Crippen molar-refractivity contribution in [2.75, 3.05) is 13.2 Å². The average Bonchev–Trinajstić information content (AvgIpc) is 2.81. The Hall–Kier alpha value is -3.18. The lowest BCUT2D eigenvalue weighted by atomic mass is 9.80. The molecule has 0 amide bonds. The molecule has 0 radical (unpaired) electrons. The SMILES string of the molecule is CCOCC.Cc1c(C)c(C(C)Cc2ccc(O)cc2)c(C)c(C)c1-c1ccc([N+](=O)[O-])cc1. The van der Waals surface area contributed by atoms with Crippen LogP contribution in [-0.4, -0.2) is 23.2 Å². The Morgan fingerprint density at radius 2 is 1.35 bits per heavy atom. The third kappa shape index (κ3) is 6.45. The normalized spacial score (nSPS) is 11.5. The zero-order valence-electron chi connectivity index (χ0n) is 21.4. The minimum Gasteiger partial charge on any atom is -0.508 e. The van der Waals surface area contributed by atoms with Crippen LogP contribution in [0, 0.1) is 37.8 Å². The van der Waals surface area contributed by atoms with Crippen LogP contribution in [0.2, 0.25) is 0 Å². The molecule has 0 aromatic heterocycles. The van der Waals surface area contributed by atoms with Gasteiger partial charge in [0.2, 0.25) is 0 Å². The largest absolute Gasteiger partial charge is 0.508 e. The summed E-state index contributed by atoms with van der Waals surface area (Å²) >= 11 is 0. The van der Waals surface area contributed by atoms with E-state index < -0.39 is 0 Å². The van der Waals surface area contributed by atoms with E-state index in [0.717, 1.165) is 30.8 Å². The molecule has 0 aliphatic rings. The van der Waals surface area contributed by atoms with Crippen LogP contribution < -0.4 is 0 Å². The van der Waals surface area contributed by atoms with Crippen LogP contribution in [0.1, 0.15) is 60.1 Å². The fourth-order valence-corrected chi connectivity index (χ4v) is 4.56. The minimum absolute atomic E-state index is 0.108. The number of ether oxygens (including phenoxy) is 1. The number of hydrogen-bond acceptors (Lipinski definition) is 4. The molecule has 3 rings (SSSR count). The highest BCUT2D eigenvalue weighted by molar-refractivity contribution is 5.75. The summed E-state index contributed by atoms with van der Waals surface area (Å²) in [7, 11) is 0. The predicted octanol–water partition coefficient (Wildman–Crippen LogP) is 7.59. The van der Waals surface area contributed by atoms with Crippen molar-refractivity contribution >= 4 is 5.69 Å². The van der Waals surface area contributed by atoms with Crippen molar-refractivity contribution in [3.8, 4) is 16.9 Å². The highest BCUT2D eigenvalue weighted by Crippen LogP contribution is 2.38. The fraction of sp³-hybridized carbons (Fsp3) is 0.379. The molecule has 0 aliphatic carbocycles. The zero-order valence-corrected chi connectivity index (χ0v) is 21.4.